The molecule has 0 unspecified atom stereocenters. The van der Waals surface area contributed by atoms with Crippen LogP contribution in [0.4, 0.5) is 0 Å². The van der Waals surface area contributed by atoms with Crippen LogP contribution in [0.2, 0.25) is 0 Å². The highest BCUT2D eigenvalue weighted by molar-refractivity contribution is 5.44. The maximum atomic E-state index is 6.35. The van der Waals surface area contributed by atoms with Crippen molar-refractivity contribution in [2.45, 2.75) is 36.6 Å². The van der Waals surface area contributed by atoms with Crippen LogP contribution in [0.1, 0.15) is 36.8 Å². The molecule has 0 spiro atoms. The van der Waals surface area contributed by atoms with E-state index in [0.29, 0.717) is 0 Å². The highest BCUT2D eigenvalue weighted by atomic mass is 16.5. The second-order valence-electron chi connectivity index (χ2n) is 5.42. The number of rotatable bonds is 4. The van der Waals surface area contributed by atoms with Crippen LogP contribution in [-0.4, -0.2) is 13.7 Å². The van der Waals surface area contributed by atoms with Gasteiger partial charge in [0.25, 0.3) is 0 Å². The Morgan fingerprint density at radius 3 is 2.25 bits per heavy atom. The third-order valence-electron chi connectivity index (χ3n) is 4.10. The lowest BCUT2D eigenvalue weighted by Gasteiger charge is -2.22. The van der Waals surface area contributed by atoms with Crippen LogP contribution in [0, 0.1) is 0 Å². The summed E-state index contributed by atoms with van der Waals surface area (Å²) in [7, 11) is 1.79. The first-order valence-electron chi connectivity index (χ1n) is 6.08. The zero-order valence-corrected chi connectivity index (χ0v) is 9.83. The maximum absolute atomic E-state index is 6.35. The summed E-state index contributed by atoms with van der Waals surface area (Å²) >= 11 is 0. The van der Waals surface area contributed by atoms with Crippen LogP contribution in [0.5, 0.6) is 0 Å². The summed E-state index contributed by atoms with van der Waals surface area (Å²) < 4.78 is 5.37. The molecule has 0 radical (unpaired) electrons. The van der Waals surface area contributed by atoms with Gasteiger partial charge in [0.15, 0.2) is 0 Å². The average Bonchev–Trinajstić information content (AvgIpc) is 3.19. The van der Waals surface area contributed by atoms with E-state index in [1.165, 1.54) is 24.0 Å². The van der Waals surface area contributed by atoms with Crippen LogP contribution in [0.15, 0.2) is 24.3 Å². The average molecular weight is 217 g/mol. The van der Waals surface area contributed by atoms with Gasteiger partial charge in [-0.25, -0.2) is 0 Å². The van der Waals surface area contributed by atoms with E-state index in [1.807, 2.05) is 0 Å². The van der Waals surface area contributed by atoms with Gasteiger partial charge < -0.3 is 10.5 Å². The molecule has 86 valence electrons. The standard InChI is InChI=1S/C14H19NO/c1-16-10-13(6-7-13)11-4-2-3-5-12(11)14(15)8-9-14/h2-5H,6-10,15H2,1H3. The molecule has 0 bridgehead atoms. The van der Waals surface area contributed by atoms with Crippen LogP contribution < -0.4 is 5.73 Å². The van der Waals surface area contributed by atoms with Gasteiger partial charge in [-0.3, -0.25) is 0 Å². The molecule has 1 aromatic rings. The molecule has 2 N–H and O–H groups in total. The van der Waals surface area contributed by atoms with Crippen LogP contribution in [-0.2, 0) is 15.7 Å². The Kier molecular flexibility index (Phi) is 2.13. The van der Waals surface area contributed by atoms with Gasteiger partial charge in [-0.1, -0.05) is 24.3 Å². The van der Waals surface area contributed by atoms with Gasteiger partial charge in [0.2, 0.25) is 0 Å². The van der Waals surface area contributed by atoms with Gasteiger partial charge in [-0.05, 0) is 36.8 Å². The fourth-order valence-electron chi connectivity index (χ4n) is 2.70. The van der Waals surface area contributed by atoms with Crippen molar-refractivity contribution in [1.29, 1.82) is 0 Å². The van der Waals surface area contributed by atoms with E-state index in [1.54, 1.807) is 7.11 Å². The summed E-state index contributed by atoms with van der Waals surface area (Å²) in [5.74, 6) is 0. The maximum Gasteiger partial charge on any atom is 0.0559 e. The molecule has 2 nitrogen and oxygen atoms in total. The number of nitrogens with two attached hydrogens (primary N) is 1. The molecule has 2 aliphatic rings. The van der Waals surface area contributed by atoms with Gasteiger partial charge in [-0.15, -0.1) is 0 Å². The summed E-state index contributed by atoms with van der Waals surface area (Å²) in [5, 5.41) is 0. The molecule has 3 rings (SSSR count). The third kappa shape index (κ3) is 1.48. The summed E-state index contributed by atoms with van der Waals surface area (Å²) in [6.07, 6.45) is 4.75. The molecule has 2 saturated carbocycles. The largest absolute Gasteiger partial charge is 0.384 e. The summed E-state index contributed by atoms with van der Waals surface area (Å²) in [6, 6.07) is 8.68. The van der Waals surface area contributed by atoms with E-state index in [4.69, 9.17) is 10.5 Å². The molecule has 2 aliphatic carbocycles. The minimum Gasteiger partial charge on any atom is -0.384 e. The minimum atomic E-state index is -0.0279. The lowest BCUT2D eigenvalue weighted by Crippen LogP contribution is -2.25. The number of ether oxygens (including phenoxy) is 1. The Morgan fingerprint density at radius 2 is 1.75 bits per heavy atom. The fourth-order valence-corrected chi connectivity index (χ4v) is 2.70. The van der Waals surface area contributed by atoms with Crippen LogP contribution >= 0.6 is 0 Å². The Morgan fingerprint density at radius 1 is 1.12 bits per heavy atom. The van der Waals surface area contributed by atoms with Crippen molar-refractivity contribution in [3.8, 4) is 0 Å². The van der Waals surface area contributed by atoms with Crippen LogP contribution in [0.3, 0.4) is 0 Å². The molecule has 16 heavy (non-hydrogen) atoms. The van der Waals surface area contributed by atoms with E-state index in [-0.39, 0.29) is 11.0 Å². The number of hydrogen-bond donors (Lipinski definition) is 1. The first-order chi connectivity index (χ1) is 7.70. The van der Waals surface area contributed by atoms with Gasteiger partial charge in [0.05, 0.1) is 6.61 Å². The molecule has 0 saturated heterocycles. The lowest BCUT2D eigenvalue weighted by molar-refractivity contribution is 0.171. The lowest BCUT2D eigenvalue weighted by atomic mass is 9.88. The van der Waals surface area contributed by atoms with Gasteiger partial charge >= 0.3 is 0 Å². The molecule has 1 aromatic carbocycles. The Balaban J connectivity index is 2.01. The zero-order chi connectivity index (χ0) is 11.2. The number of methoxy groups -OCH3 is 1. The van der Waals surface area contributed by atoms with E-state index in [2.05, 4.69) is 24.3 Å². The van der Waals surface area contributed by atoms with Gasteiger partial charge in [0, 0.05) is 18.1 Å². The smallest absolute Gasteiger partial charge is 0.0559 e. The SMILES string of the molecule is COCC1(c2ccccc2C2(N)CC2)CC1. The van der Waals surface area contributed by atoms with Crippen molar-refractivity contribution in [3.05, 3.63) is 35.4 Å². The van der Waals surface area contributed by atoms with Crippen molar-refractivity contribution in [2.24, 2.45) is 5.73 Å². The van der Waals surface area contributed by atoms with Crippen molar-refractivity contribution in [3.63, 3.8) is 0 Å². The topological polar surface area (TPSA) is 35.2 Å². The van der Waals surface area contributed by atoms with Crippen LogP contribution in [0.25, 0.3) is 0 Å². The van der Waals surface area contributed by atoms with Gasteiger partial charge in [0.1, 0.15) is 0 Å². The van der Waals surface area contributed by atoms with Crippen molar-refractivity contribution in [2.75, 3.05) is 13.7 Å². The predicted octanol–water partition coefficient (Wildman–Crippen LogP) is 2.31. The fraction of sp³-hybridized carbons (Fsp3) is 0.571. The zero-order valence-electron chi connectivity index (χ0n) is 9.83. The highest BCUT2D eigenvalue weighted by Gasteiger charge is 2.50. The van der Waals surface area contributed by atoms with E-state index in [0.717, 1.165) is 19.4 Å². The summed E-state index contributed by atoms with van der Waals surface area (Å²) in [4.78, 5) is 0. The molecule has 0 atom stereocenters. The van der Waals surface area contributed by atoms with E-state index in [9.17, 15) is 0 Å². The minimum absolute atomic E-state index is 0.0279. The monoisotopic (exact) mass is 217 g/mol. The Bertz CT molecular complexity index is 405. The molecular formula is C14H19NO. The normalized spacial score (nSPS) is 24.1. The Hall–Kier alpha value is -0.860. The quantitative estimate of drug-likeness (QED) is 0.840. The number of benzene rings is 1. The van der Waals surface area contributed by atoms with Crippen molar-refractivity contribution < 1.29 is 4.74 Å². The van der Waals surface area contributed by atoms with E-state index < -0.39 is 0 Å². The number of hydrogen-bond acceptors (Lipinski definition) is 2. The second kappa shape index (κ2) is 3.31. The second-order valence-corrected chi connectivity index (χ2v) is 5.42. The third-order valence-corrected chi connectivity index (χ3v) is 4.10. The molecular weight excluding hydrogens is 198 g/mol. The molecule has 0 aromatic heterocycles. The van der Waals surface area contributed by atoms with Crippen molar-refractivity contribution in [1.82, 2.24) is 0 Å². The highest BCUT2D eigenvalue weighted by Crippen LogP contribution is 2.54. The molecule has 0 aliphatic heterocycles. The molecule has 0 amide bonds. The molecule has 2 fully saturated rings. The predicted molar refractivity (Wildman–Crippen MR) is 64.3 cm³/mol. The van der Waals surface area contributed by atoms with Crippen molar-refractivity contribution >= 4 is 0 Å². The molecule has 0 heterocycles. The summed E-state index contributed by atoms with van der Waals surface area (Å²) in [5.41, 5.74) is 9.41. The first kappa shape index (κ1) is 10.3. The molecule has 2 heteroatoms. The first-order valence-corrected chi connectivity index (χ1v) is 6.08. The summed E-state index contributed by atoms with van der Waals surface area (Å²) in [6.45, 7) is 0.833. The van der Waals surface area contributed by atoms with Gasteiger partial charge in [-0.2, -0.15) is 0 Å². The van der Waals surface area contributed by atoms with E-state index >= 15 is 0 Å². The Labute approximate surface area is 96.8 Å².